The second-order valence-corrected chi connectivity index (χ2v) is 10.3. The van der Waals surface area contributed by atoms with Gasteiger partial charge in [-0.15, -0.1) is 0 Å². The van der Waals surface area contributed by atoms with Crippen LogP contribution < -0.4 is 5.32 Å². The third-order valence-corrected chi connectivity index (χ3v) is 7.82. The SMILES string of the molecule is c1ccc(C2=NC(c3ccccc3)N=C(c3cccc(-n4c5ccccc5c5c6ccccc6ccc54)c3)N2)cc1. The molecular formula is C37H26N4. The van der Waals surface area contributed by atoms with E-state index in [0.717, 1.165) is 34.0 Å². The number of rotatable bonds is 4. The van der Waals surface area contributed by atoms with Crippen molar-refractivity contribution in [2.45, 2.75) is 6.17 Å². The van der Waals surface area contributed by atoms with Gasteiger partial charge in [0.05, 0.1) is 11.0 Å². The molecule has 0 saturated heterocycles. The molecule has 1 N–H and O–H groups in total. The standard InChI is InChI=1S/C37H26N4/c1-3-13-26(14-4-1)35-38-36(27-15-5-2-6-16-27)40-37(39-35)28-17-11-18-29(24-28)41-32-21-10-9-20-31(32)34-30-19-8-7-12-25(30)22-23-33(34)41/h1-24,35H,(H,38,39,40). The Kier molecular flexibility index (Phi) is 5.49. The van der Waals surface area contributed by atoms with Crippen LogP contribution in [0.3, 0.4) is 0 Å². The third kappa shape index (κ3) is 4.00. The maximum absolute atomic E-state index is 5.09. The first kappa shape index (κ1) is 23.4. The summed E-state index contributed by atoms with van der Waals surface area (Å²) in [6, 6.07) is 50.9. The second kappa shape index (κ2) is 9.61. The van der Waals surface area contributed by atoms with E-state index in [4.69, 9.17) is 9.98 Å². The van der Waals surface area contributed by atoms with E-state index in [1.165, 1.54) is 32.6 Å². The van der Waals surface area contributed by atoms with Crippen LogP contribution in [0.5, 0.6) is 0 Å². The van der Waals surface area contributed by atoms with E-state index in [-0.39, 0.29) is 6.17 Å². The molecule has 7 aromatic rings. The van der Waals surface area contributed by atoms with E-state index in [0.29, 0.717) is 0 Å². The van der Waals surface area contributed by atoms with Crippen LogP contribution in [-0.4, -0.2) is 16.2 Å². The van der Waals surface area contributed by atoms with E-state index in [1.807, 2.05) is 36.4 Å². The number of nitrogens with zero attached hydrogens (tertiary/aromatic N) is 3. The molecule has 4 nitrogen and oxygen atoms in total. The predicted octanol–water partition coefficient (Wildman–Crippen LogP) is 8.43. The van der Waals surface area contributed by atoms with Crippen LogP contribution in [0, 0.1) is 0 Å². The summed E-state index contributed by atoms with van der Waals surface area (Å²) in [6.45, 7) is 0. The first-order chi connectivity index (χ1) is 20.3. The van der Waals surface area contributed by atoms with Crippen molar-refractivity contribution in [3.05, 3.63) is 162 Å². The van der Waals surface area contributed by atoms with Gasteiger partial charge in [-0.25, -0.2) is 9.98 Å². The number of para-hydroxylation sites is 1. The molecule has 194 valence electrons. The highest BCUT2D eigenvalue weighted by molar-refractivity contribution is 6.21. The van der Waals surface area contributed by atoms with Crippen molar-refractivity contribution in [2.75, 3.05) is 0 Å². The van der Waals surface area contributed by atoms with Crippen molar-refractivity contribution in [2.24, 2.45) is 9.98 Å². The molecule has 0 saturated carbocycles. The van der Waals surface area contributed by atoms with Gasteiger partial charge < -0.3 is 9.88 Å². The summed E-state index contributed by atoms with van der Waals surface area (Å²) in [4.78, 5) is 10.1. The topological polar surface area (TPSA) is 41.7 Å². The second-order valence-electron chi connectivity index (χ2n) is 10.3. The summed E-state index contributed by atoms with van der Waals surface area (Å²) in [6.07, 6.45) is -0.328. The smallest absolute Gasteiger partial charge is 0.169 e. The molecule has 0 amide bonds. The number of hydrogen-bond donors (Lipinski definition) is 1. The van der Waals surface area contributed by atoms with Crippen molar-refractivity contribution in [3.8, 4) is 5.69 Å². The van der Waals surface area contributed by atoms with Gasteiger partial charge in [-0.05, 0) is 40.6 Å². The van der Waals surface area contributed by atoms with Crippen LogP contribution >= 0.6 is 0 Å². The Hall–Kier alpha value is -5.48. The Labute approximate surface area is 237 Å². The number of aliphatic imine (C=N–C) groups is 2. The maximum Gasteiger partial charge on any atom is 0.169 e. The van der Waals surface area contributed by atoms with Crippen LogP contribution in [0.1, 0.15) is 22.9 Å². The number of nitrogens with one attached hydrogen (secondary N) is 1. The van der Waals surface area contributed by atoms with E-state index in [1.54, 1.807) is 0 Å². The molecule has 41 heavy (non-hydrogen) atoms. The fourth-order valence-corrected chi connectivity index (χ4v) is 5.92. The molecule has 0 fully saturated rings. The Bertz CT molecular complexity index is 2120. The van der Waals surface area contributed by atoms with E-state index < -0.39 is 0 Å². The third-order valence-electron chi connectivity index (χ3n) is 7.82. The molecule has 1 aliphatic rings. The van der Waals surface area contributed by atoms with Gasteiger partial charge in [0.2, 0.25) is 0 Å². The maximum atomic E-state index is 5.09. The highest BCUT2D eigenvalue weighted by atomic mass is 15.2. The quantitative estimate of drug-likeness (QED) is 0.246. The number of fused-ring (bicyclic) bond motifs is 5. The average Bonchev–Trinajstić information content (AvgIpc) is 3.40. The molecule has 0 bridgehead atoms. The number of amidine groups is 2. The van der Waals surface area contributed by atoms with Crippen LogP contribution in [0.25, 0.3) is 38.3 Å². The molecule has 6 aromatic carbocycles. The van der Waals surface area contributed by atoms with Crippen molar-refractivity contribution in [1.82, 2.24) is 9.88 Å². The minimum atomic E-state index is -0.328. The largest absolute Gasteiger partial charge is 0.324 e. The zero-order valence-electron chi connectivity index (χ0n) is 22.3. The zero-order chi connectivity index (χ0) is 27.2. The van der Waals surface area contributed by atoms with Crippen molar-refractivity contribution in [3.63, 3.8) is 0 Å². The van der Waals surface area contributed by atoms with Crippen molar-refractivity contribution in [1.29, 1.82) is 0 Å². The summed E-state index contributed by atoms with van der Waals surface area (Å²) >= 11 is 0. The molecule has 0 aliphatic carbocycles. The number of aromatic nitrogens is 1. The highest BCUT2D eigenvalue weighted by Gasteiger charge is 2.21. The molecule has 4 heteroatoms. The molecular weight excluding hydrogens is 500 g/mol. The minimum absolute atomic E-state index is 0.328. The predicted molar refractivity (Wildman–Crippen MR) is 170 cm³/mol. The van der Waals surface area contributed by atoms with Crippen LogP contribution in [-0.2, 0) is 0 Å². The van der Waals surface area contributed by atoms with Gasteiger partial charge in [0, 0.05) is 27.6 Å². The summed E-state index contributed by atoms with van der Waals surface area (Å²) in [5.41, 5.74) is 6.57. The molecule has 1 unspecified atom stereocenters. The minimum Gasteiger partial charge on any atom is -0.324 e. The van der Waals surface area contributed by atoms with E-state index >= 15 is 0 Å². The lowest BCUT2D eigenvalue weighted by molar-refractivity contribution is 0.756. The highest BCUT2D eigenvalue weighted by Crippen LogP contribution is 2.37. The van der Waals surface area contributed by atoms with E-state index in [9.17, 15) is 0 Å². The Morgan fingerprint density at radius 1 is 0.512 bits per heavy atom. The van der Waals surface area contributed by atoms with Crippen LogP contribution in [0.2, 0.25) is 0 Å². The molecule has 1 aromatic heterocycles. The molecule has 1 aliphatic heterocycles. The lowest BCUT2D eigenvalue weighted by atomic mass is 10.0. The van der Waals surface area contributed by atoms with Gasteiger partial charge in [-0.1, -0.05) is 121 Å². The normalized spacial score (nSPS) is 15.1. The molecule has 0 spiro atoms. The molecule has 8 rings (SSSR count). The van der Waals surface area contributed by atoms with Gasteiger partial charge in [0.1, 0.15) is 11.7 Å². The first-order valence-electron chi connectivity index (χ1n) is 13.9. The lowest BCUT2D eigenvalue weighted by Crippen LogP contribution is -2.36. The summed E-state index contributed by atoms with van der Waals surface area (Å²) in [7, 11) is 0. The fourth-order valence-electron chi connectivity index (χ4n) is 5.92. The lowest BCUT2D eigenvalue weighted by Gasteiger charge is -2.22. The van der Waals surface area contributed by atoms with Crippen molar-refractivity contribution >= 4 is 44.2 Å². The van der Waals surface area contributed by atoms with Crippen LogP contribution in [0.4, 0.5) is 0 Å². The summed E-state index contributed by atoms with van der Waals surface area (Å²) < 4.78 is 2.37. The Morgan fingerprint density at radius 3 is 2.00 bits per heavy atom. The van der Waals surface area contributed by atoms with Gasteiger partial charge in [-0.3, -0.25) is 0 Å². The van der Waals surface area contributed by atoms with Gasteiger partial charge in [-0.2, -0.15) is 0 Å². The molecule has 0 radical (unpaired) electrons. The summed E-state index contributed by atoms with van der Waals surface area (Å²) in [5, 5.41) is 8.59. The summed E-state index contributed by atoms with van der Waals surface area (Å²) in [5.74, 6) is 1.62. The zero-order valence-corrected chi connectivity index (χ0v) is 22.3. The van der Waals surface area contributed by atoms with Gasteiger partial charge >= 0.3 is 0 Å². The fraction of sp³-hybridized carbons (Fsp3) is 0.0270. The Morgan fingerprint density at radius 2 is 1.17 bits per heavy atom. The Balaban J connectivity index is 1.30. The monoisotopic (exact) mass is 526 g/mol. The van der Waals surface area contributed by atoms with Gasteiger partial charge in [0.25, 0.3) is 0 Å². The van der Waals surface area contributed by atoms with Crippen molar-refractivity contribution < 1.29 is 0 Å². The first-order valence-corrected chi connectivity index (χ1v) is 13.9. The molecule has 1 atom stereocenters. The van der Waals surface area contributed by atoms with Gasteiger partial charge in [0.15, 0.2) is 6.17 Å². The van der Waals surface area contributed by atoms with Crippen LogP contribution in [0.15, 0.2) is 156 Å². The number of benzene rings is 6. The molecule has 2 heterocycles. The number of hydrogen-bond acceptors (Lipinski definition) is 3. The average molecular weight is 527 g/mol. The van der Waals surface area contributed by atoms with E-state index in [2.05, 4.69) is 119 Å².